The molecule has 0 spiro atoms. The van der Waals surface area contributed by atoms with Crippen LogP contribution in [0.25, 0.3) is 22.4 Å². The number of benzene rings is 2. The molecule has 0 radical (unpaired) electrons. The van der Waals surface area contributed by atoms with Crippen molar-refractivity contribution in [1.29, 1.82) is 5.26 Å². The Morgan fingerprint density at radius 3 is 2.62 bits per heavy atom. The van der Waals surface area contributed by atoms with Gasteiger partial charge in [0.25, 0.3) is 0 Å². The molecule has 4 rings (SSSR count). The van der Waals surface area contributed by atoms with Crippen LogP contribution >= 0.6 is 23.2 Å². The molecule has 0 saturated heterocycles. The predicted molar refractivity (Wildman–Crippen MR) is 104 cm³/mol. The molecule has 0 bridgehead atoms. The number of nitriles is 1. The van der Waals surface area contributed by atoms with Gasteiger partial charge in [-0.25, -0.2) is 4.98 Å². The smallest absolute Gasteiger partial charge is 0.232 e. The lowest BCUT2D eigenvalue weighted by Crippen LogP contribution is -2.10. The number of aryl methyl sites for hydroxylation is 1. The average Bonchev–Trinajstić information content (AvgIpc) is 2.66. The normalized spacial score (nSPS) is 12.1. The second kappa shape index (κ2) is 6.64. The zero-order valence-electron chi connectivity index (χ0n) is 14.0. The third kappa shape index (κ3) is 2.63. The first-order valence-corrected chi connectivity index (χ1v) is 8.94. The number of methoxy groups -OCH3 is 1. The standard InChI is InChI=1S/C21H14Cl2N2O/c1-26-21-17(11-24)19(15-9-7-13(22)10-18(15)23)16-8-6-12-4-2-3-5-14(12)20(16)25-21/h2-5,7,9-10H,6,8H2,1H3. The van der Waals surface area contributed by atoms with Gasteiger partial charge in [0.15, 0.2) is 0 Å². The molecule has 3 nitrogen and oxygen atoms in total. The summed E-state index contributed by atoms with van der Waals surface area (Å²) in [4.78, 5) is 4.66. The van der Waals surface area contributed by atoms with E-state index >= 15 is 0 Å². The molecule has 0 fully saturated rings. The van der Waals surface area contributed by atoms with Gasteiger partial charge >= 0.3 is 0 Å². The molecule has 1 aliphatic rings. The minimum absolute atomic E-state index is 0.309. The van der Waals surface area contributed by atoms with Gasteiger partial charge < -0.3 is 4.74 Å². The van der Waals surface area contributed by atoms with Crippen molar-refractivity contribution in [2.45, 2.75) is 12.8 Å². The van der Waals surface area contributed by atoms with E-state index in [-0.39, 0.29) is 0 Å². The second-order valence-electron chi connectivity index (χ2n) is 6.09. The molecule has 0 amide bonds. The van der Waals surface area contributed by atoms with Crippen LogP contribution in [0, 0.1) is 11.3 Å². The highest BCUT2D eigenvalue weighted by molar-refractivity contribution is 6.36. The van der Waals surface area contributed by atoms with E-state index in [2.05, 4.69) is 23.2 Å². The zero-order valence-corrected chi connectivity index (χ0v) is 15.5. The first kappa shape index (κ1) is 16.9. The maximum atomic E-state index is 9.79. The van der Waals surface area contributed by atoms with Crippen molar-refractivity contribution in [1.82, 2.24) is 4.98 Å². The van der Waals surface area contributed by atoms with Crippen molar-refractivity contribution < 1.29 is 4.74 Å². The van der Waals surface area contributed by atoms with Crippen LogP contribution in [-0.2, 0) is 12.8 Å². The van der Waals surface area contributed by atoms with Crippen LogP contribution in [0.15, 0.2) is 42.5 Å². The Balaban J connectivity index is 2.10. The Hall–Kier alpha value is -2.54. The lowest BCUT2D eigenvalue weighted by atomic mass is 9.83. The van der Waals surface area contributed by atoms with Crippen molar-refractivity contribution in [3.63, 3.8) is 0 Å². The monoisotopic (exact) mass is 380 g/mol. The summed E-state index contributed by atoms with van der Waals surface area (Å²) in [7, 11) is 1.53. The lowest BCUT2D eigenvalue weighted by molar-refractivity contribution is 0.397. The summed E-state index contributed by atoms with van der Waals surface area (Å²) in [5.74, 6) is 0.309. The van der Waals surface area contributed by atoms with Crippen LogP contribution in [0.5, 0.6) is 5.88 Å². The number of hydrogen-bond donors (Lipinski definition) is 0. The molecule has 0 saturated carbocycles. The highest BCUT2D eigenvalue weighted by atomic mass is 35.5. The van der Waals surface area contributed by atoms with Crippen LogP contribution in [0.3, 0.4) is 0 Å². The third-order valence-corrected chi connectivity index (χ3v) is 5.24. The van der Waals surface area contributed by atoms with E-state index in [1.165, 1.54) is 12.7 Å². The molecule has 5 heteroatoms. The van der Waals surface area contributed by atoms with Gasteiger partial charge in [-0.3, -0.25) is 0 Å². The fourth-order valence-corrected chi connectivity index (χ4v) is 4.04. The van der Waals surface area contributed by atoms with E-state index in [1.807, 2.05) is 18.2 Å². The van der Waals surface area contributed by atoms with Gasteiger partial charge in [-0.15, -0.1) is 0 Å². The number of nitrogens with zero attached hydrogens (tertiary/aromatic N) is 2. The number of pyridine rings is 1. The first-order chi connectivity index (χ1) is 12.6. The van der Waals surface area contributed by atoms with Crippen molar-refractivity contribution in [3.05, 3.63) is 69.2 Å². The van der Waals surface area contributed by atoms with Crippen molar-refractivity contribution >= 4 is 23.2 Å². The summed E-state index contributed by atoms with van der Waals surface area (Å²) in [5.41, 5.74) is 6.13. The fraction of sp³-hybridized carbons (Fsp3) is 0.143. The summed E-state index contributed by atoms with van der Waals surface area (Å²) in [6.07, 6.45) is 1.67. The fourth-order valence-electron chi connectivity index (χ4n) is 3.54. The van der Waals surface area contributed by atoms with Gasteiger partial charge in [-0.1, -0.05) is 53.5 Å². The molecule has 128 valence electrons. The van der Waals surface area contributed by atoms with Gasteiger partial charge in [-0.05, 0) is 36.1 Å². The number of rotatable bonds is 2. The van der Waals surface area contributed by atoms with Crippen molar-refractivity contribution in [3.8, 4) is 34.3 Å². The number of halogens is 2. The minimum atomic E-state index is 0.309. The number of hydrogen-bond acceptors (Lipinski definition) is 3. The molecule has 2 aromatic carbocycles. The van der Waals surface area contributed by atoms with Gasteiger partial charge in [0.05, 0.1) is 12.8 Å². The van der Waals surface area contributed by atoms with Gasteiger partial charge in [0.1, 0.15) is 11.6 Å². The molecule has 0 N–H and O–H groups in total. The van der Waals surface area contributed by atoms with E-state index in [4.69, 9.17) is 27.9 Å². The van der Waals surface area contributed by atoms with Crippen molar-refractivity contribution in [2.24, 2.45) is 0 Å². The summed E-state index contributed by atoms with van der Waals surface area (Å²) in [6.45, 7) is 0. The van der Waals surface area contributed by atoms with Crippen LogP contribution < -0.4 is 4.74 Å². The van der Waals surface area contributed by atoms with Gasteiger partial charge in [0.2, 0.25) is 5.88 Å². The van der Waals surface area contributed by atoms with E-state index in [0.29, 0.717) is 21.5 Å². The van der Waals surface area contributed by atoms with Crippen LogP contribution in [0.4, 0.5) is 0 Å². The van der Waals surface area contributed by atoms with Crippen molar-refractivity contribution in [2.75, 3.05) is 7.11 Å². The molecule has 1 aliphatic carbocycles. The summed E-state index contributed by atoms with van der Waals surface area (Å²) >= 11 is 12.5. The van der Waals surface area contributed by atoms with E-state index in [9.17, 15) is 5.26 Å². The number of aromatic nitrogens is 1. The Morgan fingerprint density at radius 1 is 1.08 bits per heavy atom. The highest BCUT2D eigenvalue weighted by Gasteiger charge is 2.27. The molecule has 0 unspecified atom stereocenters. The average molecular weight is 381 g/mol. The topological polar surface area (TPSA) is 45.9 Å². The molecular weight excluding hydrogens is 367 g/mol. The highest BCUT2D eigenvalue weighted by Crippen LogP contribution is 2.44. The third-order valence-electron chi connectivity index (χ3n) is 4.69. The van der Waals surface area contributed by atoms with Gasteiger partial charge in [-0.2, -0.15) is 5.26 Å². The molecule has 1 aromatic heterocycles. The Labute approximate surface area is 161 Å². The van der Waals surface area contributed by atoms with Gasteiger partial charge in [0, 0.05) is 26.7 Å². The SMILES string of the molecule is COc1nc2c(c(-c3ccc(Cl)cc3Cl)c1C#N)CCc1ccccc1-2. The number of fused-ring (bicyclic) bond motifs is 3. The quantitative estimate of drug-likeness (QED) is 0.572. The minimum Gasteiger partial charge on any atom is -0.480 e. The maximum Gasteiger partial charge on any atom is 0.232 e. The summed E-state index contributed by atoms with van der Waals surface area (Å²) < 4.78 is 5.44. The molecule has 3 aromatic rings. The van der Waals surface area contributed by atoms with E-state index in [1.54, 1.807) is 12.1 Å². The summed E-state index contributed by atoms with van der Waals surface area (Å²) in [6, 6.07) is 15.8. The maximum absolute atomic E-state index is 9.79. The molecular formula is C21H14Cl2N2O. The molecule has 0 aliphatic heterocycles. The molecule has 0 atom stereocenters. The molecule has 26 heavy (non-hydrogen) atoms. The Kier molecular flexibility index (Phi) is 4.32. The molecule has 1 heterocycles. The Bertz CT molecular complexity index is 1070. The number of ether oxygens (including phenoxy) is 1. The van der Waals surface area contributed by atoms with Crippen LogP contribution in [0.2, 0.25) is 10.0 Å². The lowest BCUT2D eigenvalue weighted by Gasteiger charge is -2.24. The predicted octanol–water partition coefficient (Wildman–Crippen LogP) is 5.70. The largest absolute Gasteiger partial charge is 0.480 e. The van der Waals surface area contributed by atoms with Crippen LogP contribution in [-0.4, -0.2) is 12.1 Å². The Morgan fingerprint density at radius 2 is 1.88 bits per heavy atom. The zero-order chi connectivity index (χ0) is 18.3. The first-order valence-electron chi connectivity index (χ1n) is 8.18. The second-order valence-corrected chi connectivity index (χ2v) is 6.93. The summed E-state index contributed by atoms with van der Waals surface area (Å²) in [5, 5.41) is 10.9. The van der Waals surface area contributed by atoms with Crippen LogP contribution in [0.1, 0.15) is 16.7 Å². The van der Waals surface area contributed by atoms with E-state index in [0.717, 1.165) is 40.8 Å². The van der Waals surface area contributed by atoms with E-state index < -0.39 is 0 Å².